The number of hydrogen-bond acceptors (Lipinski definition) is 3. The molecule has 0 spiro atoms. The molecule has 2 aromatic rings. The van der Waals surface area contributed by atoms with E-state index in [1.54, 1.807) is 37.3 Å². The highest BCUT2D eigenvalue weighted by molar-refractivity contribution is 5.94. The van der Waals surface area contributed by atoms with Crippen molar-refractivity contribution >= 4 is 11.6 Å². The second-order valence-corrected chi connectivity index (χ2v) is 4.45. The second-order valence-electron chi connectivity index (χ2n) is 4.45. The molecule has 0 bridgehead atoms. The average molecular weight is 288 g/mol. The predicted molar refractivity (Wildman–Crippen MR) is 79.9 cm³/mol. The molecule has 4 nitrogen and oxygen atoms in total. The number of ether oxygens (including phenoxy) is 1. The lowest BCUT2D eigenvalue weighted by Crippen LogP contribution is -2.15. The fourth-order valence-electron chi connectivity index (χ4n) is 2.00. The summed E-state index contributed by atoms with van der Waals surface area (Å²) in [6.07, 6.45) is 0. The molecule has 0 unspecified atom stereocenters. The summed E-state index contributed by atoms with van der Waals surface area (Å²) in [6.45, 7) is 2.59. The van der Waals surface area contributed by atoms with Gasteiger partial charge in [0.05, 0.1) is 6.61 Å². The van der Waals surface area contributed by atoms with Crippen LogP contribution in [-0.4, -0.2) is 12.5 Å². The van der Waals surface area contributed by atoms with Crippen LogP contribution < -0.4 is 15.8 Å². The molecule has 0 saturated heterocycles. The summed E-state index contributed by atoms with van der Waals surface area (Å²) < 4.78 is 18.9. The van der Waals surface area contributed by atoms with E-state index >= 15 is 0 Å². The molecule has 0 aliphatic carbocycles. The highest BCUT2D eigenvalue weighted by Crippen LogP contribution is 2.22. The predicted octanol–water partition coefficient (Wildman–Crippen LogP) is 2.94. The highest BCUT2D eigenvalue weighted by Gasteiger charge is 2.08. The molecule has 0 saturated carbocycles. The van der Waals surface area contributed by atoms with Crippen LogP contribution in [0.4, 0.5) is 10.1 Å². The lowest BCUT2D eigenvalue weighted by molar-refractivity contribution is 0.0999. The molecule has 0 aliphatic rings. The second kappa shape index (κ2) is 6.74. The number of carbonyl (C=O) groups is 1. The van der Waals surface area contributed by atoms with Crippen molar-refractivity contribution in [3.8, 4) is 5.75 Å². The van der Waals surface area contributed by atoms with Gasteiger partial charge in [0.25, 0.3) is 0 Å². The van der Waals surface area contributed by atoms with Crippen LogP contribution in [0.5, 0.6) is 5.75 Å². The van der Waals surface area contributed by atoms with Crippen LogP contribution in [-0.2, 0) is 6.54 Å². The number of anilines is 1. The Morgan fingerprint density at radius 2 is 2.05 bits per heavy atom. The quantitative estimate of drug-likeness (QED) is 0.859. The standard InChI is InChI=1S/C16H17FN2O2/c1-2-21-15-8-7-12(9-14(15)17)19-10-11-5-3-4-6-13(11)16(18)20/h3-9,19H,2,10H2,1H3,(H2,18,20). The van der Waals surface area contributed by atoms with Gasteiger partial charge in [-0.1, -0.05) is 18.2 Å². The summed E-state index contributed by atoms with van der Waals surface area (Å²) in [6, 6.07) is 11.7. The van der Waals surface area contributed by atoms with Crippen molar-refractivity contribution in [2.75, 3.05) is 11.9 Å². The Morgan fingerprint density at radius 1 is 1.29 bits per heavy atom. The van der Waals surface area contributed by atoms with Gasteiger partial charge in [0.2, 0.25) is 5.91 Å². The summed E-state index contributed by atoms with van der Waals surface area (Å²) in [5, 5.41) is 3.06. The van der Waals surface area contributed by atoms with Gasteiger partial charge in [0, 0.05) is 23.9 Å². The van der Waals surface area contributed by atoms with Crippen LogP contribution in [0.25, 0.3) is 0 Å². The molecule has 1 amide bonds. The van der Waals surface area contributed by atoms with Gasteiger partial charge >= 0.3 is 0 Å². The summed E-state index contributed by atoms with van der Waals surface area (Å²) in [5.41, 5.74) is 7.14. The zero-order valence-corrected chi connectivity index (χ0v) is 11.7. The molecular weight excluding hydrogens is 271 g/mol. The Labute approximate surface area is 122 Å². The van der Waals surface area contributed by atoms with Crippen molar-refractivity contribution in [3.05, 3.63) is 59.4 Å². The lowest BCUT2D eigenvalue weighted by Gasteiger charge is -2.11. The van der Waals surface area contributed by atoms with E-state index in [1.807, 2.05) is 6.07 Å². The first-order chi connectivity index (χ1) is 10.1. The van der Waals surface area contributed by atoms with Crippen molar-refractivity contribution < 1.29 is 13.9 Å². The van der Waals surface area contributed by atoms with Crippen LogP contribution in [0, 0.1) is 5.82 Å². The van der Waals surface area contributed by atoms with E-state index in [2.05, 4.69) is 5.32 Å². The van der Waals surface area contributed by atoms with Crippen LogP contribution in [0.3, 0.4) is 0 Å². The number of nitrogens with one attached hydrogen (secondary N) is 1. The van der Waals surface area contributed by atoms with E-state index < -0.39 is 11.7 Å². The maximum absolute atomic E-state index is 13.7. The largest absolute Gasteiger partial charge is 0.491 e. The van der Waals surface area contributed by atoms with Crippen LogP contribution in [0.2, 0.25) is 0 Å². The monoisotopic (exact) mass is 288 g/mol. The third-order valence-electron chi connectivity index (χ3n) is 3.00. The van der Waals surface area contributed by atoms with Gasteiger partial charge in [-0.05, 0) is 30.7 Å². The number of amides is 1. The average Bonchev–Trinajstić information content (AvgIpc) is 2.48. The number of halogens is 1. The topological polar surface area (TPSA) is 64.3 Å². The number of nitrogens with two attached hydrogens (primary N) is 1. The summed E-state index contributed by atoms with van der Waals surface area (Å²) in [4.78, 5) is 11.3. The number of carbonyl (C=O) groups excluding carboxylic acids is 1. The Hall–Kier alpha value is -2.56. The summed E-state index contributed by atoms with van der Waals surface area (Å²) >= 11 is 0. The minimum absolute atomic E-state index is 0.223. The maximum Gasteiger partial charge on any atom is 0.249 e. The molecule has 21 heavy (non-hydrogen) atoms. The molecule has 2 aromatic carbocycles. The summed E-state index contributed by atoms with van der Waals surface area (Å²) in [7, 11) is 0. The Morgan fingerprint density at radius 3 is 2.71 bits per heavy atom. The summed E-state index contributed by atoms with van der Waals surface area (Å²) in [5.74, 6) is -0.684. The molecule has 0 aromatic heterocycles. The zero-order chi connectivity index (χ0) is 15.2. The first-order valence-corrected chi connectivity index (χ1v) is 6.65. The molecule has 5 heteroatoms. The normalized spacial score (nSPS) is 10.2. The van der Waals surface area contributed by atoms with E-state index in [0.717, 1.165) is 5.56 Å². The van der Waals surface area contributed by atoms with E-state index in [1.165, 1.54) is 6.07 Å². The van der Waals surface area contributed by atoms with Gasteiger partial charge in [-0.2, -0.15) is 0 Å². The van der Waals surface area contributed by atoms with Gasteiger partial charge in [-0.3, -0.25) is 4.79 Å². The van der Waals surface area contributed by atoms with Crippen LogP contribution in [0.15, 0.2) is 42.5 Å². The maximum atomic E-state index is 13.7. The van der Waals surface area contributed by atoms with Crippen molar-refractivity contribution in [3.63, 3.8) is 0 Å². The number of rotatable bonds is 6. The smallest absolute Gasteiger partial charge is 0.249 e. The third-order valence-corrected chi connectivity index (χ3v) is 3.00. The Kier molecular flexibility index (Phi) is 4.77. The molecule has 0 heterocycles. The minimum atomic E-state index is -0.481. The molecule has 0 atom stereocenters. The van der Waals surface area contributed by atoms with Crippen molar-refractivity contribution in [1.82, 2.24) is 0 Å². The van der Waals surface area contributed by atoms with Crippen LogP contribution in [0.1, 0.15) is 22.8 Å². The Bertz CT molecular complexity index is 644. The van der Waals surface area contributed by atoms with Crippen molar-refractivity contribution in [1.29, 1.82) is 0 Å². The SMILES string of the molecule is CCOc1ccc(NCc2ccccc2C(N)=O)cc1F. The fraction of sp³-hybridized carbons (Fsp3) is 0.188. The molecule has 2 rings (SSSR count). The molecular formula is C16H17FN2O2. The van der Waals surface area contributed by atoms with Gasteiger partial charge in [-0.25, -0.2) is 4.39 Å². The van der Waals surface area contributed by atoms with E-state index in [0.29, 0.717) is 24.4 Å². The number of primary amides is 1. The van der Waals surface area contributed by atoms with Crippen molar-refractivity contribution in [2.24, 2.45) is 5.73 Å². The molecule has 0 fully saturated rings. The van der Waals surface area contributed by atoms with Crippen molar-refractivity contribution in [2.45, 2.75) is 13.5 Å². The zero-order valence-electron chi connectivity index (χ0n) is 11.7. The van der Waals surface area contributed by atoms with Crippen LogP contribution >= 0.6 is 0 Å². The third kappa shape index (κ3) is 3.72. The fourth-order valence-corrected chi connectivity index (χ4v) is 2.00. The van der Waals surface area contributed by atoms with Gasteiger partial charge in [-0.15, -0.1) is 0 Å². The van der Waals surface area contributed by atoms with Gasteiger partial charge < -0.3 is 15.8 Å². The van der Waals surface area contributed by atoms with E-state index in [9.17, 15) is 9.18 Å². The molecule has 0 aliphatic heterocycles. The lowest BCUT2D eigenvalue weighted by atomic mass is 10.1. The molecule has 110 valence electrons. The number of hydrogen-bond donors (Lipinski definition) is 2. The van der Waals surface area contributed by atoms with Gasteiger partial charge in [0.15, 0.2) is 11.6 Å². The van der Waals surface area contributed by atoms with E-state index in [4.69, 9.17) is 10.5 Å². The number of benzene rings is 2. The van der Waals surface area contributed by atoms with Gasteiger partial charge in [0.1, 0.15) is 0 Å². The highest BCUT2D eigenvalue weighted by atomic mass is 19.1. The molecule has 3 N–H and O–H groups in total. The Balaban J connectivity index is 2.10. The first-order valence-electron chi connectivity index (χ1n) is 6.65. The minimum Gasteiger partial charge on any atom is -0.491 e. The molecule has 0 radical (unpaired) electrons. The van der Waals surface area contributed by atoms with E-state index in [-0.39, 0.29) is 5.75 Å². The first kappa shape index (κ1) is 14.8.